The molecule has 0 bridgehead atoms. The predicted octanol–water partition coefficient (Wildman–Crippen LogP) is 5.13. The van der Waals surface area contributed by atoms with E-state index in [9.17, 15) is 18.7 Å². The third-order valence-corrected chi connectivity index (χ3v) is 6.20. The number of ether oxygens (including phenoxy) is 2. The molecule has 2 aromatic carbocycles. The lowest BCUT2D eigenvalue weighted by molar-refractivity contribution is -0.178. The Hall–Kier alpha value is -2.97. The second-order valence-corrected chi connectivity index (χ2v) is 8.10. The van der Waals surface area contributed by atoms with Crippen molar-refractivity contribution >= 4 is 16.9 Å². The van der Waals surface area contributed by atoms with Gasteiger partial charge in [0.15, 0.2) is 0 Å². The zero-order chi connectivity index (χ0) is 22.8. The van der Waals surface area contributed by atoms with E-state index in [1.165, 1.54) is 0 Å². The van der Waals surface area contributed by atoms with Crippen LogP contribution in [0.2, 0.25) is 0 Å². The van der Waals surface area contributed by atoms with E-state index in [4.69, 9.17) is 9.47 Å². The summed E-state index contributed by atoms with van der Waals surface area (Å²) in [5.41, 5.74) is 4.20. The molecule has 2 heterocycles. The van der Waals surface area contributed by atoms with Gasteiger partial charge >= 0.3 is 12.6 Å². The number of carboxylic acids is 1. The molecule has 0 aliphatic carbocycles. The van der Waals surface area contributed by atoms with Crippen LogP contribution in [0.25, 0.3) is 10.9 Å². The number of rotatable bonds is 7. The number of alkyl halides is 2. The third-order valence-electron chi connectivity index (χ3n) is 6.20. The number of benzene rings is 2. The number of hydrogen-bond donors (Lipinski definition) is 2. The highest BCUT2D eigenvalue weighted by atomic mass is 19.3. The molecule has 0 unspecified atom stereocenters. The topological polar surface area (TPSA) is 74.8 Å². The summed E-state index contributed by atoms with van der Waals surface area (Å²) in [5, 5.41) is 10.3. The van der Waals surface area contributed by atoms with Gasteiger partial charge in [0.25, 0.3) is 0 Å². The zero-order valence-corrected chi connectivity index (χ0v) is 18.0. The van der Waals surface area contributed by atoms with Crippen molar-refractivity contribution in [2.24, 2.45) is 0 Å². The molecule has 1 saturated heterocycles. The minimum atomic E-state index is -2.82. The summed E-state index contributed by atoms with van der Waals surface area (Å²) < 4.78 is 36.3. The van der Waals surface area contributed by atoms with Gasteiger partial charge < -0.3 is 19.6 Å². The third kappa shape index (κ3) is 4.47. The molecule has 2 N–H and O–H groups in total. The molecule has 6 nitrogen and oxygen atoms in total. The van der Waals surface area contributed by atoms with Gasteiger partial charge in [-0.15, -0.1) is 0 Å². The van der Waals surface area contributed by atoms with Crippen molar-refractivity contribution in [3.8, 4) is 5.75 Å². The molecule has 0 radical (unpaired) electrons. The minimum absolute atomic E-state index is 0.186. The van der Waals surface area contributed by atoms with E-state index in [1.54, 1.807) is 31.4 Å². The van der Waals surface area contributed by atoms with Gasteiger partial charge in [0, 0.05) is 41.8 Å². The Bertz CT molecular complexity index is 1100. The number of aromatic amines is 1. The van der Waals surface area contributed by atoms with Crippen molar-refractivity contribution in [1.82, 2.24) is 9.88 Å². The molecule has 8 heteroatoms. The number of nitrogens with zero attached hydrogens (tertiary/aromatic N) is 1. The van der Waals surface area contributed by atoms with E-state index >= 15 is 0 Å². The molecule has 0 saturated carbocycles. The summed E-state index contributed by atoms with van der Waals surface area (Å²) >= 11 is 0. The van der Waals surface area contributed by atoms with Crippen molar-refractivity contribution in [3.05, 3.63) is 64.8 Å². The van der Waals surface area contributed by atoms with Crippen LogP contribution in [0.5, 0.6) is 5.75 Å². The fourth-order valence-corrected chi connectivity index (χ4v) is 4.62. The molecule has 1 aliphatic heterocycles. The van der Waals surface area contributed by atoms with Crippen LogP contribution in [0.15, 0.2) is 42.6 Å². The molecule has 0 amide bonds. The number of nitrogens with one attached hydrogen (secondary N) is 1. The van der Waals surface area contributed by atoms with Crippen molar-refractivity contribution < 1.29 is 28.2 Å². The van der Waals surface area contributed by atoms with Crippen LogP contribution in [0.1, 0.15) is 45.9 Å². The molecular weight excluding hydrogens is 418 g/mol. The summed E-state index contributed by atoms with van der Waals surface area (Å²) in [6, 6.07) is 10.4. The SMILES string of the molecule is COc1cc(C)c2[nH]ccc2c1CN1CC[C@H](OC(F)F)C[C@H]1c1ccc(C(=O)O)cc1. The van der Waals surface area contributed by atoms with E-state index in [0.717, 1.165) is 33.3 Å². The molecule has 2 atom stereocenters. The maximum Gasteiger partial charge on any atom is 0.345 e. The number of fused-ring (bicyclic) bond motifs is 1. The van der Waals surface area contributed by atoms with E-state index in [-0.39, 0.29) is 11.6 Å². The molecule has 1 aliphatic rings. The Morgan fingerprint density at radius 2 is 2.03 bits per heavy atom. The number of halogens is 2. The monoisotopic (exact) mass is 444 g/mol. The number of H-pyrrole nitrogens is 1. The Kier molecular flexibility index (Phi) is 6.43. The normalized spacial score (nSPS) is 19.5. The fraction of sp³-hybridized carbons (Fsp3) is 0.375. The van der Waals surface area contributed by atoms with Gasteiger partial charge in [-0.25, -0.2) is 4.79 Å². The largest absolute Gasteiger partial charge is 0.496 e. The maximum absolute atomic E-state index is 12.9. The highest BCUT2D eigenvalue weighted by Gasteiger charge is 2.32. The molecule has 1 aromatic heterocycles. The highest BCUT2D eigenvalue weighted by molar-refractivity contribution is 5.88. The van der Waals surface area contributed by atoms with Gasteiger partial charge in [0.1, 0.15) is 5.75 Å². The second-order valence-electron chi connectivity index (χ2n) is 8.10. The van der Waals surface area contributed by atoms with E-state index in [2.05, 4.69) is 9.88 Å². The first-order chi connectivity index (χ1) is 15.4. The number of methoxy groups -OCH3 is 1. The van der Waals surface area contributed by atoms with Crippen LogP contribution in [-0.2, 0) is 11.3 Å². The average molecular weight is 444 g/mol. The molecule has 4 rings (SSSR count). The maximum atomic E-state index is 12.9. The number of hydrogen-bond acceptors (Lipinski definition) is 4. The first-order valence-electron chi connectivity index (χ1n) is 10.5. The van der Waals surface area contributed by atoms with Gasteiger partial charge in [-0.3, -0.25) is 4.90 Å². The first-order valence-corrected chi connectivity index (χ1v) is 10.5. The fourth-order valence-electron chi connectivity index (χ4n) is 4.62. The molecule has 0 spiro atoms. The molecule has 32 heavy (non-hydrogen) atoms. The van der Waals surface area contributed by atoms with Gasteiger partial charge in [0.05, 0.1) is 18.8 Å². The van der Waals surface area contributed by atoms with Crippen LogP contribution in [0, 0.1) is 6.92 Å². The summed E-state index contributed by atoms with van der Waals surface area (Å²) in [7, 11) is 1.64. The quantitative estimate of drug-likeness (QED) is 0.529. The van der Waals surface area contributed by atoms with E-state index < -0.39 is 18.7 Å². The van der Waals surface area contributed by atoms with E-state index in [0.29, 0.717) is 25.9 Å². The Morgan fingerprint density at radius 3 is 2.69 bits per heavy atom. The van der Waals surface area contributed by atoms with Crippen molar-refractivity contribution in [3.63, 3.8) is 0 Å². The predicted molar refractivity (Wildman–Crippen MR) is 116 cm³/mol. The van der Waals surface area contributed by atoms with Crippen molar-refractivity contribution in [2.45, 2.75) is 45.1 Å². The minimum Gasteiger partial charge on any atom is -0.496 e. The van der Waals surface area contributed by atoms with E-state index in [1.807, 2.05) is 25.3 Å². The van der Waals surface area contributed by atoms with Crippen LogP contribution < -0.4 is 4.74 Å². The number of carbonyl (C=O) groups is 1. The van der Waals surface area contributed by atoms with Crippen LogP contribution >= 0.6 is 0 Å². The number of aryl methyl sites for hydroxylation is 1. The Labute approximate surface area is 184 Å². The Morgan fingerprint density at radius 1 is 1.28 bits per heavy atom. The molecule has 1 fully saturated rings. The number of aromatic nitrogens is 1. The second kappa shape index (κ2) is 9.26. The number of carboxylic acid groups (broad SMARTS) is 1. The Balaban J connectivity index is 1.68. The lowest BCUT2D eigenvalue weighted by Crippen LogP contribution is -2.40. The first kappa shape index (κ1) is 22.2. The molecule has 3 aromatic rings. The van der Waals surface area contributed by atoms with Gasteiger partial charge in [0.2, 0.25) is 0 Å². The van der Waals surface area contributed by atoms with Gasteiger partial charge in [-0.2, -0.15) is 8.78 Å². The molecule has 170 valence electrons. The average Bonchev–Trinajstić information content (AvgIpc) is 3.27. The van der Waals surface area contributed by atoms with Crippen LogP contribution in [0.4, 0.5) is 8.78 Å². The number of aromatic carboxylic acids is 1. The summed E-state index contributed by atoms with van der Waals surface area (Å²) in [6.45, 7) is 0.319. The van der Waals surface area contributed by atoms with Crippen LogP contribution in [-0.4, -0.2) is 47.3 Å². The van der Waals surface area contributed by atoms with Crippen LogP contribution in [0.3, 0.4) is 0 Å². The summed E-state index contributed by atoms with van der Waals surface area (Å²) in [4.78, 5) is 16.7. The summed E-state index contributed by atoms with van der Waals surface area (Å²) in [6.07, 6.45) is 2.20. The lowest BCUT2D eigenvalue weighted by Gasteiger charge is -2.40. The highest BCUT2D eigenvalue weighted by Crippen LogP contribution is 2.38. The van der Waals surface area contributed by atoms with Crippen molar-refractivity contribution in [2.75, 3.05) is 13.7 Å². The summed E-state index contributed by atoms with van der Waals surface area (Å²) in [5.74, 6) is -0.226. The van der Waals surface area contributed by atoms with Crippen molar-refractivity contribution in [1.29, 1.82) is 0 Å². The number of piperidine rings is 1. The van der Waals surface area contributed by atoms with Gasteiger partial charge in [-0.1, -0.05) is 12.1 Å². The number of likely N-dealkylation sites (tertiary alicyclic amines) is 1. The zero-order valence-electron chi connectivity index (χ0n) is 18.0. The van der Waals surface area contributed by atoms with Gasteiger partial charge in [-0.05, 0) is 55.2 Å². The smallest absolute Gasteiger partial charge is 0.345 e. The lowest BCUT2D eigenvalue weighted by atomic mass is 9.91. The standard InChI is InChI=1S/C24H26F2N2O4/c1-14-11-21(31-2)19(18-7-9-27-22(14)18)13-28-10-8-17(32-24(25)26)12-20(28)15-3-5-16(6-4-15)23(29)30/h3-7,9,11,17,20,24,27H,8,10,12-13H2,1-2H3,(H,29,30)/t17-,20-/m0/s1. The molecular formula is C24H26F2N2O4.